The minimum absolute atomic E-state index is 0.538. The Morgan fingerprint density at radius 3 is 2.41 bits per heavy atom. The number of hydrazone groups is 1. The highest BCUT2D eigenvalue weighted by atomic mass is 16.5. The molecule has 2 rings (SSSR count). The minimum atomic E-state index is -0.852. The number of benzene rings is 2. The third-order valence-corrected chi connectivity index (χ3v) is 2.75. The Morgan fingerprint density at radius 2 is 1.68 bits per heavy atom. The highest BCUT2D eigenvalue weighted by Gasteiger charge is 2.12. The van der Waals surface area contributed by atoms with Gasteiger partial charge in [-0.25, -0.2) is 5.43 Å². The number of hydrogen-bond donors (Lipinski definition) is 2. The van der Waals surface area contributed by atoms with Crippen LogP contribution in [0.4, 0.5) is 5.69 Å². The van der Waals surface area contributed by atoms with Crippen LogP contribution in [0.2, 0.25) is 0 Å². The van der Waals surface area contributed by atoms with Gasteiger partial charge >= 0.3 is 11.8 Å². The van der Waals surface area contributed by atoms with Crippen molar-refractivity contribution in [3.05, 3.63) is 60.2 Å². The maximum Gasteiger partial charge on any atom is 0.329 e. The normalized spacial score (nSPS) is 10.2. The summed E-state index contributed by atoms with van der Waals surface area (Å²) in [7, 11) is 1.54. The number of amides is 2. The Bertz CT molecular complexity index is 684. The Morgan fingerprint density at radius 1 is 1.00 bits per heavy atom. The molecular formula is C16H15N3O3. The largest absolute Gasteiger partial charge is 0.496 e. The summed E-state index contributed by atoms with van der Waals surface area (Å²) in [5.74, 6) is -1.02. The van der Waals surface area contributed by atoms with E-state index in [4.69, 9.17) is 4.74 Å². The third kappa shape index (κ3) is 4.17. The van der Waals surface area contributed by atoms with Gasteiger partial charge in [-0.3, -0.25) is 9.59 Å². The molecule has 0 heterocycles. The van der Waals surface area contributed by atoms with E-state index >= 15 is 0 Å². The Kier molecular flexibility index (Phi) is 5.25. The quantitative estimate of drug-likeness (QED) is 0.513. The first-order valence-corrected chi connectivity index (χ1v) is 6.53. The zero-order chi connectivity index (χ0) is 15.8. The first-order valence-electron chi connectivity index (χ1n) is 6.53. The molecule has 0 aliphatic rings. The van der Waals surface area contributed by atoms with Gasteiger partial charge in [0.05, 0.1) is 13.3 Å². The standard InChI is InChI=1S/C16H15N3O3/c1-22-14-10-6-5-7-12(14)11-17-19-16(21)15(20)18-13-8-3-2-4-9-13/h2-11H,1H3,(H,18,20)(H,19,21)/b17-11-. The summed E-state index contributed by atoms with van der Waals surface area (Å²) in [6, 6.07) is 15.9. The molecule has 2 aromatic rings. The fourth-order valence-electron chi connectivity index (χ4n) is 1.69. The molecular weight excluding hydrogens is 282 g/mol. The molecule has 0 spiro atoms. The van der Waals surface area contributed by atoms with E-state index in [-0.39, 0.29) is 0 Å². The average molecular weight is 297 g/mol. The maximum atomic E-state index is 11.7. The highest BCUT2D eigenvalue weighted by Crippen LogP contribution is 2.14. The fourth-order valence-corrected chi connectivity index (χ4v) is 1.69. The van der Waals surface area contributed by atoms with E-state index in [1.165, 1.54) is 6.21 Å². The molecule has 0 aromatic heterocycles. The van der Waals surface area contributed by atoms with Gasteiger partial charge in [0.1, 0.15) is 5.75 Å². The van der Waals surface area contributed by atoms with Gasteiger partial charge in [0, 0.05) is 11.3 Å². The van der Waals surface area contributed by atoms with Gasteiger partial charge in [-0.1, -0.05) is 30.3 Å². The molecule has 0 saturated carbocycles. The molecule has 0 unspecified atom stereocenters. The molecule has 0 aliphatic carbocycles. The lowest BCUT2D eigenvalue weighted by Crippen LogP contribution is -2.32. The van der Waals surface area contributed by atoms with E-state index < -0.39 is 11.8 Å². The van der Waals surface area contributed by atoms with Gasteiger partial charge in [0.2, 0.25) is 0 Å². The van der Waals surface area contributed by atoms with Crippen molar-refractivity contribution in [2.75, 3.05) is 12.4 Å². The number of anilines is 1. The zero-order valence-corrected chi connectivity index (χ0v) is 11.9. The minimum Gasteiger partial charge on any atom is -0.496 e. The van der Waals surface area contributed by atoms with Gasteiger partial charge in [0.15, 0.2) is 0 Å². The van der Waals surface area contributed by atoms with Crippen molar-refractivity contribution in [1.82, 2.24) is 5.43 Å². The summed E-state index contributed by atoms with van der Waals surface area (Å²) in [5.41, 5.74) is 3.39. The predicted octanol–water partition coefficient (Wildman–Crippen LogP) is 1.78. The van der Waals surface area contributed by atoms with E-state index in [1.54, 1.807) is 43.5 Å². The third-order valence-electron chi connectivity index (χ3n) is 2.75. The molecule has 6 nitrogen and oxygen atoms in total. The SMILES string of the molecule is COc1ccccc1/C=N\NC(=O)C(=O)Nc1ccccc1. The molecule has 0 aliphatic heterocycles. The summed E-state index contributed by atoms with van der Waals surface area (Å²) >= 11 is 0. The summed E-state index contributed by atoms with van der Waals surface area (Å²) in [6.45, 7) is 0. The first kappa shape index (κ1) is 15.2. The van der Waals surface area contributed by atoms with Crippen molar-refractivity contribution in [3.8, 4) is 5.75 Å². The summed E-state index contributed by atoms with van der Waals surface area (Å²) in [6.07, 6.45) is 1.41. The maximum absolute atomic E-state index is 11.7. The summed E-state index contributed by atoms with van der Waals surface area (Å²) in [4.78, 5) is 23.3. The van der Waals surface area contributed by atoms with Crippen molar-refractivity contribution >= 4 is 23.7 Å². The van der Waals surface area contributed by atoms with E-state index in [1.807, 2.05) is 18.2 Å². The van der Waals surface area contributed by atoms with Crippen LogP contribution in [0.25, 0.3) is 0 Å². The van der Waals surface area contributed by atoms with Crippen LogP contribution in [0.5, 0.6) is 5.75 Å². The van der Waals surface area contributed by atoms with Gasteiger partial charge in [-0.05, 0) is 24.3 Å². The second-order valence-corrected chi connectivity index (χ2v) is 4.26. The summed E-state index contributed by atoms with van der Waals surface area (Å²) in [5, 5.41) is 6.21. The number of hydrogen-bond acceptors (Lipinski definition) is 4. The molecule has 0 saturated heterocycles. The molecule has 2 N–H and O–H groups in total. The number of ether oxygens (including phenoxy) is 1. The van der Waals surface area contributed by atoms with Crippen molar-refractivity contribution in [2.24, 2.45) is 5.10 Å². The fraction of sp³-hybridized carbons (Fsp3) is 0.0625. The van der Waals surface area contributed by atoms with Crippen molar-refractivity contribution < 1.29 is 14.3 Å². The number of nitrogens with one attached hydrogen (secondary N) is 2. The average Bonchev–Trinajstić information content (AvgIpc) is 2.56. The van der Waals surface area contributed by atoms with Gasteiger partial charge in [-0.15, -0.1) is 0 Å². The molecule has 0 bridgehead atoms. The van der Waals surface area contributed by atoms with E-state index in [0.717, 1.165) is 0 Å². The Labute approximate surface area is 127 Å². The van der Waals surface area contributed by atoms with Crippen LogP contribution >= 0.6 is 0 Å². The van der Waals surface area contributed by atoms with Gasteiger partial charge in [-0.2, -0.15) is 5.10 Å². The highest BCUT2D eigenvalue weighted by molar-refractivity contribution is 6.39. The van der Waals surface area contributed by atoms with E-state index in [9.17, 15) is 9.59 Å². The Balaban J connectivity index is 1.92. The van der Waals surface area contributed by atoms with Gasteiger partial charge in [0.25, 0.3) is 0 Å². The van der Waals surface area contributed by atoms with Crippen LogP contribution in [0.1, 0.15) is 5.56 Å². The van der Waals surface area contributed by atoms with Crippen molar-refractivity contribution in [3.63, 3.8) is 0 Å². The molecule has 0 atom stereocenters. The molecule has 2 amide bonds. The molecule has 2 aromatic carbocycles. The summed E-state index contributed by atoms with van der Waals surface area (Å²) < 4.78 is 5.15. The van der Waals surface area contributed by atoms with Crippen LogP contribution in [0.15, 0.2) is 59.7 Å². The lowest BCUT2D eigenvalue weighted by molar-refractivity contribution is -0.136. The van der Waals surface area contributed by atoms with Crippen LogP contribution in [0.3, 0.4) is 0 Å². The molecule has 0 fully saturated rings. The smallest absolute Gasteiger partial charge is 0.329 e. The van der Waals surface area contributed by atoms with Crippen LogP contribution in [0, 0.1) is 0 Å². The zero-order valence-electron chi connectivity index (χ0n) is 11.9. The molecule has 22 heavy (non-hydrogen) atoms. The second kappa shape index (κ2) is 7.58. The lowest BCUT2D eigenvalue weighted by atomic mass is 10.2. The number of carbonyl (C=O) groups is 2. The number of nitrogens with zero attached hydrogens (tertiary/aromatic N) is 1. The number of carbonyl (C=O) groups excluding carboxylic acids is 2. The van der Waals surface area contributed by atoms with Crippen molar-refractivity contribution in [1.29, 1.82) is 0 Å². The van der Waals surface area contributed by atoms with Crippen LogP contribution < -0.4 is 15.5 Å². The lowest BCUT2D eigenvalue weighted by Gasteiger charge is -2.04. The van der Waals surface area contributed by atoms with Crippen LogP contribution in [-0.2, 0) is 9.59 Å². The number of rotatable bonds is 4. The first-order chi connectivity index (χ1) is 10.7. The van der Waals surface area contributed by atoms with Crippen molar-refractivity contribution in [2.45, 2.75) is 0 Å². The second-order valence-electron chi connectivity index (χ2n) is 4.26. The van der Waals surface area contributed by atoms with Gasteiger partial charge < -0.3 is 10.1 Å². The Hall–Kier alpha value is -3.15. The molecule has 0 radical (unpaired) electrons. The molecule has 6 heteroatoms. The number of para-hydroxylation sites is 2. The number of methoxy groups -OCH3 is 1. The monoisotopic (exact) mass is 297 g/mol. The van der Waals surface area contributed by atoms with E-state index in [0.29, 0.717) is 17.0 Å². The van der Waals surface area contributed by atoms with E-state index in [2.05, 4.69) is 15.8 Å². The predicted molar refractivity (Wildman–Crippen MR) is 83.8 cm³/mol. The topological polar surface area (TPSA) is 79.8 Å². The van der Waals surface area contributed by atoms with Crippen LogP contribution in [-0.4, -0.2) is 25.1 Å². The molecule has 112 valence electrons.